The summed E-state index contributed by atoms with van der Waals surface area (Å²) in [6, 6.07) is 0. The molecule has 10 heavy (non-hydrogen) atoms. The molecule has 64 valence electrons. The van der Waals surface area contributed by atoms with Crippen LogP contribution < -0.4 is 5.73 Å². The maximum Gasteiger partial charge on any atom is 0.334 e. The average molecular weight is 191 g/mol. The summed E-state index contributed by atoms with van der Waals surface area (Å²) in [7, 11) is -5.74. The van der Waals surface area contributed by atoms with Crippen molar-refractivity contribution in [3.63, 3.8) is 0 Å². The van der Waals surface area contributed by atoms with Gasteiger partial charge in [0.25, 0.3) is 0 Å². The van der Waals surface area contributed by atoms with Gasteiger partial charge in [0.15, 0.2) is 0 Å². The molecular formula is C2H11NO5P2. The highest BCUT2D eigenvalue weighted by Gasteiger charge is 2.14. The lowest BCUT2D eigenvalue weighted by Crippen LogP contribution is -1.78. The Hall–Kier alpha value is 0.300. The highest BCUT2D eigenvalue weighted by atomic mass is 31.2. The molecule has 0 aliphatic heterocycles. The lowest BCUT2D eigenvalue weighted by molar-refractivity contribution is 0.377. The van der Waals surface area contributed by atoms with E-state index in [2.05, 4.69) is 5.73 Å². The van der Waals surface area contributed by atoms with Crippen molar-refractivity contribution in [3.05, 3.63) is 0 Å². The van der Waals surface area contributed by atoms with Gasteiger partial charge >= 0.3 is 7.60 Å². The monoisotopic (exact) mass is 191 g/mol. The molecule has 1 unspecified atom stereocenters. The van der Waals surface area contributed by atoms with Crippen LogP contribution in [0, 0.1) is 0 Å². The predicted molar refractivity (Wildman–Crippen MR) is 38.2 cm³/mol. The molecule has 0 spiro atoms. The van der Waals surface area contributed by atoms with Crippen LogP contribution in [0.3, 0.4) is 0 Å². The lowest BCUT2D eigenvalue weighted by Gasteiger charge is -1.96. The molecule has 0 radical (unpaired) electrons. The molecule has 0 bridgehead atoms. The summed E-state index contributed by atoms with van der Waals surface area (Å²) in [5.74, 6) is -0.905. The molecule has 5 N–H and O–H groups in total. The summed E-state index contributed by atoms with van der Waals surface area (Å²) in [5.41, 5.74) is 4.50. The zero-order chi connectivity index (χ0) is 8.78. The summed E-state index contributed by atoms with van der Waals surface area (Å²) in [6.07, 6.45) is 0. The molecule has 8 heteroatoms. The fourth-order valence-corrected chi connectivity index (χ4v) is 1.59. The van der Waals surface area contributed by atoms with Gasteiger partial charge in [-0.15, -0.1) is 0 Å². The van der Waals surface area contributed by atoms with Crippen LogP contribution in [0.4, 0.5) is 0 Å². The van der Waals surface area contributed by atoms with E-state index < -0.39 is 21.5 Å². The number of hydrogen-bond acceptors (Lipinski definition) is 3. The smallest absolute Gasteiger partial charge is 0.334 e. The van der Waals surface area contributed by atoms with Crippen molar-refractivity contribution in [3.8, 4) is 0 Å². The molecule has 0 aromatic heterocycles. The van der Waals surface area contributed by atoms with E-state index in [1.807, 2.05) is 0 Å². The van der Waals surface area contributed by atoms with Crippen molar-refractivity contribution >= 4 is 15.6 Å². The molecule has 0 rings (SSSR count). The molecule has 0 aliphatic carbocycles. The van der Waals surface area contributed by atoms with E-state index in [0.717, 1.165) is 0 Å². The Morgan fingerprint density at radius 2 is 1.80 bits per heavy atom. The minimum absolute atomic E-state index is 0.905. The molecule has 6 nitrogen and oxygen atoms in total. The zero-order valence-corrected chi connectivity index (χ0v) is 7.28. The Morgan fingerprint density at radius 1 is 1.50 bits per heavy atom. The van der Waals surface area contributed by atoms with Crippen molar-refractivity contribution in [1.29, 1.82) is 0 Å². The minimum Gasteiger partial charge on any atom is -0.346 e. The van der Waals surface area contributed by atoms with E-state index in [0.29, 0.717) is 0 Å². The lowest BCUT2D eigenvalue weighted by atomic mass is 11.6. The molecule has 0 fully saturated rings. The number of rotatable bonds is 2. The molecule has 0 saturated carbocycles. The quantitative estimate of drug-likeness (QED) is 0.422. The van der Waals surface area contributed by atoms with Gasteiger partial charge in [-0.05, 0) is 7.05 Å². The summed E-state index contributed by atoms with van der Waals surface area (Å²) >= 11 is 0. The Morgan fingerprint density at radius 3 is 1.80 bits per heavy atom. The van der Waals surface area contributed by atoms with Crippen LogP contribution in [0.1, 0.15) is 0 Å². The van der Waals surface area contributed by atoms with Crippen LogP contribution in [0.15, 0.2) is 0 Å². The summed E-state index contributed by atoms with van der Waals surface area (Å²) < 4.78 is 19.5. The van der Waals surface area contributed by atoms with Gasteiger partial charge in [0.05, 0.1) is 0 Å². The predicted octanol–water partition coefficient (Wildman–Crippen LogP) is -0.837. The largest absolute Gasteiger partial charge is 0.346 e. The van der Waals surface area contributed by atoms with Gasteiger partial charge in [-0.2, -0.15) is 0 Å². The van der Waals surface area contributed by atoms with E-state index in [9.17, 15) is 9.13 Å². The van der Waals surface area contributed by atoms with Gasteiger partial charge in [-0.3, -0.25) is 9.13 Å². The van der Waals surface area contributed by atoms with E-state index in [4.69, 9.17) is 14.7 Å². The molecule has 1 atom stereocenters. The molecule has 0 saturated heterocycles. The first-order chi connectivity index (χ1) is 4.42. The topological polar surface area (TPSA) is 121 Å². The van der Waals surface area contributed by atoms with Crippen LogP contribution in [0.5, 0.6) is 0 Å². The standard InChI is InChI=1S/CH5N.CH6O5P2/c1-2;2-7(3)1-8(4,5)6/h2H2,1H3;7H,1H2,(H,2,3)(H2,4,5,6). The maximum absolute atomic E-state index is 9.80. The van der Waals surface area contributed by atoms with Crippen LogP contribution in [0.25, 0.3) is 0 Å². The van der Waals surface area contributed by atoms with Crippen LogP contribution in [-0.2, 0) is 9.13 Å². The first-order valence-electron chi connectivity index (χ1n) is 2.26. The maximum atomic E-state index is 9.80. The highest BCUT2D eigenvalue weighted by molar-refractivity contribution is 7.64. The van der Waals surface area contributed by atoms with Gasteiger partial charge in [-0.25, -0.2) is 0 Å². The molecule has 0 amide bonds. The Labute approximate surface area is 59.1 Å². The van der Waals surface area contributed by atoms with Crippen LogP contribution >= 0.6 is 15.6 Å². The summed E-state index contributed by atoms with van der Waals surface area (Å²) in [5, 5.41) is 0. The second-order valence-corrected chi connectivity index (χ2v) is 4.60. The van der Waals surface area contributed by atoms with Crippen molar-refractivity contribution in [1.82, 2.24) is 0 Å². The minimum atomic E-state index is -4.24. The third-order valence-electron chi connectivity index (χ3n) is 0.341. The molecule has 0 heterocycles. The Balaban J connectivity index is 0. The first-order valence-corrected chi connectivity index (χ1v) is 5.62. The summed E-state index contributed by atoms with van der Waals surface area (Å²) in [6.45, 7) is 0. The average Bonchev–Trinajstić information content (AvgIpc) is 1.64. The van der Waals surface area contributed by atoms with Crippen molar-refractivity contribution in [2.24, 2.45) is 5.73 Å². The van der Waals surface area contributed by atoms with E-state index in [1.54, 1.807) is 0 Å². The normalized spacial score (nSPS) is 13.3. The van der Waals surface area contributed by atoms with Gasteiger partial charge in [0.1, 0.15) is 5.90 Å². The van der Waals surface area contributed by atoms with Crippen LogP contribution in [-0.4, -0.2) is 27.6 Å². The fourth-order valence-electron chi connectivity index (χ4n) is 0.176. The molecular weight excluding hydrogens is 180 g/mol. The number of hydrogen-bond donors (Lipinski definition) is 4. The van der Waals surface area contributed by atoms with E-state index >= 15 is 0 Å². The van der Waals surface area contributed by atoms with Crippen molar-refractivity contribution in [2.75, 3.05) is 13.0 Å². The first kappa shape index (κ1) is 12.9. The van der Waals surface area contributed by atoms with E-state index in [-0.39, 0.29) is 0 Å². The van der Waals surface area contributed by atoms with Gasteiger partial charge in [-0.1, -0.05) is 0 Å². The van der Waals surface area contributed by atoms with Gasteiger partial charge in [0.2, 0.25) is 8.03 Å². The molecule has 0 aromatic carbocycles. The summed E-state index contributed by atoms with van der Waals surface area (Å²) in [4.78, 5) is 23.9. The van der Waals surface area contributed by atoms with Crippen LogP contribution in [0.2, 0.25) is 0 Å². The van der Waals surface area contributed by atoms with Crippen molar-refractivity contribution < 1.29 is 23.8 Å². The number of nitrogens with two attached hydrogens (primary N) is 1. The third kappa shape index (κ3) is 15.7. The SMILES string of the molecule is CN.O=[PH](O)CP(=O)(O)O. The zero-order valence-electron chi connectivity index (χ0n) is 5.39. The fraction of sp³-hybridized carbons (Fsp3) is 1.00. The van der Waals surface area contributed by atoms with Gasteiger partial charge < -0.3 is 20.4 Å². The third-order valence-corrected chi connectivity index (χ3v) is 3.07. The molecule has 0 aliphatic rings. The second-order valence-electron chi connectivity index (χ2n) is 1.22. The van der Waals surface area contributed by atoms with Gasteiger partial charge in [0, 0.05) is 0 Å². The van der Waals surface area contributed by atoms with Crippen molar-refractivity contribution in [2.45, 2.75) is 0 Å². The second kappa shape index (κ2) is 6.04. The van der Waals surface area contributed by atoms with E-state index in [1.165, 1.54) is 7.05 Å². The Kier molecular flexibility index (Phi) is 7.81. The Bertz CT molecular complexity index is 141. The molecule has 0 aromatic rings. The highest BCUT2D eigenvalue weighted by Crippen LogP contribution is 2.42.